The van der Waals surface area contributed by atoms with Crippen LogP contribution in [0.5, 0.6) is 0 Å². The fourth-order valence-corrected chi connectivity index (χ4v) is 2.41. The van der Waals surface area contributed by atoms with Gasteiger partial charge in [0.2, 0.25) is 0 Å². The Morgan fingerprint density at radius 2 is 2.28 bits per heavy atom. The molecule has 1 aromatic heterocycles. The average molecular weight is 270 g/mol. The molecule has 100 valence electrons. The summed E-state index contributed by atoms with van der Waals surface area (Å²) in [5.74, 6) is 0.653. The number of hydrogen-bond acceptors (Lipinski definition) is 5. The van der Waals surface area contributed by atoms with Crippen molar-refractivity contribution in [2.24, 2.45) is 0 Å². The molecule has 0 saturated carbocycles. The Kier molecular flexibility index (Phi) is 4.24. The maximum absolute atomic E-state index is 6.00. The minimum Gasteiger partial charge on any atom is -0.395 e. The SMILES string of the molecule is CCN1CCC[C@@H](Nc2nnc(Cl)c(C)c2N)C1. The molecule has 0 radical (unpaired) electrons. The largest absolute Gasteiger partial charge is 0.395 e. The van der Waals surface area contributed by atoms with Gasteiger partial charge in [0.05, 0.1) is 5.69 Å². The van der Waals surface area contributed by atoms with Crippen molar-refractivity contribution in [2.75, 3.05) is 30.7 Å². The number of likely N-dealkylation sites (N-methyl/N-ethyl adjacent to an activating group) is 1. The lowest BCUT2D eigenvalue weighted by Gasteiger charge is -2.32. The first-order chi connectivity index (χ1) is 8.61. The smallest absolute Gasteiger partial charge is 0.172 e. The highest BCUT2D eigenvalue weighted by Crippen LogP contribution is 2.25. The van der Waals surface area contributed by atoms with E-state index < -0.39 is 0 Å². The van der Waals surface area contributed by atoms with Crippen LogP contribution in [0.1, 0.15) is 25.3 Å². The Hall–Kier alpha value is -1.07. The Labute approximate surface area is 113 Å². The molecule has 1 saturated heterocycles. The van der Waals surface area contributed by atoms with E-state index in [-0.39, 0.29) is 0 Å². The van der Waals surface area contributed by atoms with Gasteiger partial charge in [-0.2, -0.15) is 0 Å². The van der Waals surface area contributed by atoms with Crippen LogP contribution in [0.25, 0.3) is 0 Å². The van der Waals surface area contributed by atoms with Gasteiger partial charge in [0.1, 0.15) is 0 Å². The maximum Gasteiger partial charge on any atom is 0.172 e. The van der Waals surface area contributed by atoms with Crippen LogP contribution in [0.4, 0.5) is 11.5 Å². The molecular weight excluding hydrogens is 250 g/mol. The molecule has 2 rings (SSSR count). The number of anilines is 2. The number of nitrogens with two attached hydrogens (primary N) is 1. The summed E-state index contributed by atoms with van der Waals surface area (Å²) in [6.07, 6.45) is 2.34. The van der Waals surface area contributed by atoms with E-state index >= 15 is 0 Å². The van der Waals surface area contributed by atoms with Crippen molar-refractivity contribution >= 4 is 23.1 Å². The van der Waals surface area contributed by atoms with Crippen LogP contribution < -0.4 is 11.1 Å². The van der Waals surface area contributed by atoms with Crippen molar-refractivity contribution in [1.82, 2.24) is 15.1 Å². The van der Waals surface area contributed by atoms with E-state index in [9.17, 15) is 0 Å². The summed E-state index contributed by atoms with van der Waals surface area (Å²) >= 11 is 5.88. The van der Waals surface area contributed by atoms with Crippen molar-refractivity contribution in [2.45, 2.75) is 32.7 Å². The highest BCUT2D eigenvalue weighted by atomic mass is 35.5. The Morgan fingerprint density at radius 3 is 3.00 bits per heavy atom. The minimum absolute atomic E-state index is 0.372. The van der Waals surface area contributed by atoms with Gasteiger partial charge in [0.15, 0.2) is 11.0 Å². The van der Waals surface area contributed by atoms with Gasteiger partial charge < -0.3 is 16.0 Å². The van der Waals surface area contributed by atoms with Gasteiger partial charge in [0, 0.05) is 18.2 Å². The average Bonchev–Trinajstić information content (AvgIpc) is 2.40. The van der Waals surface area contributed by atoms with Crippen LogP contribution in [0.3, 0.4) is 0 Å². The van der Waals surface area contributed by atoms with E-state index in [0.717, 1.165) is 25.1 Å². The number of nitrogen functional groups attached to an aromatic ring is 1. The monoisotopic (exact) mass is 269 g/mol. The Morgan fingerprint density at radius 1 is 1.50 bits per heavy atom. The predicted molar refractivity (Wildman–Crippen MR) is 75.0 cm³/mol. The lowest BCUT2D eigenvalue weighted by Crippen LogP contribution is -2.42. The first kappa shape index (κ1) is 13.4. The fourth-order valence-electron chi connectivity index (χ4n) is 2.27. The topological polar surface area (TPSA) is 67.1 Å². The molecule has 0 aliphatic carbocycles. The highest BCUT2D eigenvalue weighted by molar-refractivity contribution is 6.30. The molecule has 18 heavy (non-hydrogen) atoms. The molecule has 1 aliphatic heterocycles. The number of halogens is 1. The van der Waals surface area contributed by atoms with Crippen molar-refractivity contribution in [1.29, 1.82) is 0 Å². The van der Waals surface area contributed by atoms with Gasteiger partial charge in [-0.25, -0.2) is 0 Å². The van der Waals surface area contributed by atoms with Gasteiger partial charge in [-0.1, -0.05) is 18.5 Å². The standard InChI is InChI=1S/C12H20ClN5/c1-3-18-6-4-5-9(7-18)15-12-10(14)8(2)11(13)16-17-12/h9H,3-7H2,1-2H3,(H2,14,16)(H,15,17)/t9-/m1/s1. The zero-order valence-electron chi connectivity index (χ0n) is 10.9. The first-order valence-electron chi connectivity index (χ1n) is 6.39. The Bertz CT molecular complexity index is 423. The molecule has 0 spiro atoms. The van der Waals surface area contributed by atoms with Crippen LogP contribution in [0.15, 0.2) is 0 Å². The predicted octanol–water partition coefficient (Wildman–Crippen LogP) is 1.92. The molecule has 1 fully saturated rings. The van der Waals surface area contributed by atoms with Crippen LogP contribution >= 0.6 is 11.6 Å². The molecule has 0 bridgehead atoms. The van der Waals surface area contributed by atoms with E-state index in [1.807, 2.05) is 6.92 Å². The molecule has 3 N–H and O–H groups in total. The number of rotatable bonds is 3. The van der Waals surface area contributed by atoms with E-state index in [2.05, 4.69) is 27.3 Å². The maximum atomic E-state index is 6.00. The van der Waals surface area contributed by atoms with E-state index in [4.69, 9.17) is 17.3 Å². The molecule has 1 atom stereocenters. The third-order valence-corrected chi connectivity index (χ3v) is 3.86. The molecule has 0 unspecified atom stereocenters. The van der Waals surface area contributed by atoms with Crippen molar-refractivity contribution in [3.8, 4) is 0 Å². The molecule has 6 heteroatoms. The second-order valence-corrected chi connectivity index (χ2v) is 5.11. The van der Waals surface area contributed by atoms with Crippen LogP contribution in [-0.4, -0.2) is 40.8 Å². The van der Waals surface area contributed by atoms with Crippen molar-refractivity contribution < 1.29 is 0 Å². The van der Waals surface area contributed by atoms with Gasteiger partial charge in [-0.05, 0) is 32.9 Å². The van der Waals surface area contributed by atoms with Gasteiger partial charge >= 0.3 is 0 Å². The summed E-state index contributed by atoms with van der Waals surface area (Å²) in [6.45, 7) is 7.33. The van der Waals surface area contributed by atoms with Crippen LogP contribution in [0.2, 0.25) is 5.15 Å². The summed E-state index contributed by atoms with van der Waals surface area (Å²) in [6, 6.07) is 0.385. The third-order valence-electron chi connectivity index (χ3n) is 3.50. The summed E-state index contributed by atoms with van der Waals surface area (Å²) in [5, 5.41) is 11.7. The molecule has 5 nitrogen and oxygen atoms in total. The highest BCUT2D eigenvalue weighted by Gasteiger charge is 2.20. The van der Waals surface area contributed by atoms with Crippen molar-refractivity contribution in [3.05, 3.63) is 10.7 Å². The van der Waals surface area contributed by atoms with Gasteiger partial charge in [-0.15, -0.1) is 10.2 Å². The van der Waals surface area contributed by atoms with E-state index in [1.54, 1.807) is 0 Å². The molecule has 0 aromatic carbocycles. The van der Waals surface area contributed by atoms with E-state index in [0.29, 0.717) is 22.7 Å². The summed E-state index contributed by atoms with van der Waals surface area (Å²) in [7, 11) is 0. The molecular formula is C12H20ClN5. The molecule has 0 amide bonds. The molecule has 1 aliphatic rings. The Balaban J connectivity index is 2.07. The lowest BCUT2D eigenvalue weighted by molar-refractivity contribution is 0.226. The fraction of sp³-hybridized carbons (Fsp3) is 0.667. The minimum atomic E-state index is 0.372. The number of aromatic nitrogens is 2. The van der Waals surface area contributed by atoms with E-state index in [1.165, 1.54) is 13.0 Å². The normalized spacial score (nSPS) is 20.9. The number of piperidine rings is 1. The number of hydrogen-bond donors (Lipinski definition) is 2. The zero-order valence-corrected chi connectivity index (χ0v) is 11.7. The van der Waals surface area contributed by atoms with Crippen molar-refractivity contribution in [3.63, 3.8) is 0 Å². The molecule has 2 heterocycles. The summed E-state index contributed by atoms with van der Waals surface area (Å²) in [4.78, 5) is 2.42. The van der Waals surface area contributed by atoms with Crippen LogP contribution in [0, 0.1) is 6.92 Å². The number of nitrogens with one attached hydrogen (secondary N) is 1. The number of likely N-dealkylation sites (tertiary alicyclic amines) is 1. The molecule has 1 aromatic rings. The van der Waals surface area contributed by atoms with Gasteiger partial charge in [0.25, 0.3) is 0 Å². The first-order valence-corrected chi connectivity index (χ1v) is 6.76. The number of nitrogens with zero attached hydrogens (tertiary/aromatic N) is 3. The summed E-state index contributed by atoms with van der Waals surface area (Å²) < 4.78 is 0. The second-order valence-electron chi connectivity index (χ2n) is 4.75. The zero-order chi connectivity index (χ0) is 13.1. The quantitative estimate of drug-likeness (QED) is 0.878. The lowest BCUT2D eigenvalue weighted by atomic mass is 10.1. The third kappa shape index (κ3) is 2.84. The summed E-state index contributed by atoms with van der Waals surface area (Å²) in [5.41, 5.74) is 7.39. The van der Waals surface area contributed by atoms with Gasteiger partial charge in [-0.3, -0.25) is 0 Å². The second kappa shape index (κ2) is 5.71. The van der Waals surface area contributed by atoms with Crippen LogP contribution in [-0.2, 0) is 0 Å².